The molecule has 3 aliphatic heterocycles. The number of rotatable bonds is 16. The number of hydrogen-bond donors (Lipinski definition) is 3. The zero-order valence-electron chi connectivity index (χ0n) is 34.2. The number of aromatic nitrogens is 2. The number of aliphatic hydroxyl groups is 1. The normalized spacial score (nSPS) is 16.5. The van der Waals surface area contributed by atoms with Crippen LogP contribution in [-0.2, 0) is 65.0 Å². The number of carbonyl (C=O) groups excluding carboxylic acids is 5. The third-order valence-corrected chi connectivity index (χ3v) is 12.0. The fraction of sp³-hybridized carbons (Fsp3) is 0.340. The van der Waals surface area contributed by atoms with Crippen molar-refractivity contribution in [2.75, 3.05) is 26.4 Å². The summed E-state index contributed by atoms with van der Waals surface area (Å²) in [5, 5.41) is 19.7. The van der Waals surface area contributed by atoms with Gasteiger partial charge in [-0.25, -0.2) is 9.78 Å². The van der Waals surface area contributed by atoms with E-state index in [0.717, 1.165) is 49.5 Å². The van der Waals surface area contributed by atoms with Gasteiger partial charge in [-0.05, 0) is 83.3 Å². The number of unbranched alkanes of at least 4 members (excludes halogenated alkanes) is 2. The van der Waals surface area contributed by atoms with Crippen LogP contribution in [0.25, 0.3) is 44.2 Å². The Hall–Kier alpha value is -6.51. The van der Waals surface area contributed by atoms with Gasteiger partial charge in [-0.2, -0.15) is 0 Å². The molecule has 14 heteroatoms. The van der Waals surface area contributed by atoms with E-state index in [9.17, 15) is 33.9 Å². The van der Waals surface area contributed by atoms with Crippen LogP contribution in [-0.4, -0.2) is 75.6 Å². The highest BCUT2D eigenvalue weighted by molar-refractivity contribution is 6.13. The van der Waals surface area contributed by atoms with Gasteiger partial charge >= 0.3 is 5.97 Å². The van der Waals surface area contributed by atoms with Gasteiger partial charge in [0.2, 0.25) is 11.8 Å². The van der Waals surface area contributed by atoms with Crippen LogP contribution >= 0.6 is 0 Å². The minimum absolute atomic E-state index is 0.0154. The minimum Gasteiger partial charge on any atom is -0.458 e. The highest BCUT2D eigenvalue weighted by atomic mass is 16.6. The summed E-state index contributed by atoms with van der Waals surface area (Å²) in [5.41, 5.74) is 5.74. The van der Waals surface area contributed by atoms with Crippen LogP contribution in [0.5, 0.6) is 0 Å². The number of carbonyl (C=O) groups is 5. The van der Waals surface area contributed by atoms with Crippen LogP contribution in [0.4, 0.5) is 0 Å². The molecule has 0 unspecified atom stereocenters. The lowest BCUT2D eigenvalue weighted by atomic mass is 9.86. The van der Waals surface area contributed by atoms with Gasteiger partial charge in [0, 0.05) is 41.6 Å². The quantitative estimate of drug-likeness (QED) is 0.0407. The maximum atomic E-state index is 13.8. The van der Waals surface area contributed by atoms with Gasteiger partial charge in [-0.1, -0.05) is 62.7 Å². The van der Waals surface area contributed by atoms with Gasteiger partial charge < -0.3 is 29.8 Å². The number of cyclic esters (lactones) is 1. The van der Waals surface area contributed by atoms with Crippen molar-refractivity contribution in [2.45, 2.75) is 77.5 Å². The molecule has 1 atom stereocenters. The first-order valence-electron chi connectivity index (χ1n) is 20.8. The number of amides is 4. The second kappa shape index (κ2) is 17.2. The lowest BCUT2D eigenvalue weighted by Gasteiger charge is -2.31. The van der Waals surface area contributed by atoms with E-state index in [4.69, 9.17) is 14.5 Å². The Labute approximate surface area is 351 Å². The second-order valence-electron chi connectivity index (χ2n) is 15.6. The summed E-state index contributed by atoms with van der Waals surface area (Å²) in [4.78, 5) is 80.3. The average molecular weight is 826 g/mol. The number of aryl methyl sites for hydroxylation is 1. The maximum Gasteiger partial charge on any atom is 0.343 e. The highest BCUT2D eigenvalue weighted by Gasteiger charge is 2.45. The fourth-order valence-electron chi connectivity index (χ4n) is 8.53. The van der Waals surface area contributed by atoms with Crippen LogP contribution in [0.15, 0.2) is 77.6 Å². The highest BCUT2D eigenvalue weighted by Crippen LogP contribution is 2.42. The van der Waals surface area contributed by atoms with Crippen molar-refractivity contribution in [3.63, 3.8) is 0 Å². The number of fused-ring (bicyclic) bond motifs is 7. The standard InChI is InChI=1S/C47H47N5O9/c1-3-32-34-25-52-38(23-36-35(45(52)57)26-61-46(58)47(36,59)4-2)44(34)50-37-16-15-30-13-14-31(22-33(30)43(32)37)29-11-9-28(10-12-29)19-21-60-27-49-40(54)24-48-39(53)8-6-5-7-20-51-41(55)17-18-42(51)56/h9-18,22-23,59H,3-8,19-21,24-27H2,1-2H3,(H,48,53)(H,49,54)/t47-/m0/s1. The maximum absolute atomic E-state index is 13.8. The summed E-state index contributed by atoms with van der Waals surface area (Å²) >= 11 is 0. The monoisotopic (exact) mass is 825 g/mol. The lowest BCUT2D eigenvalue weighted by molar-refractivity contribution is -0.172. The van der Waals surface area contributed by atoms with Gasteiger partial charge in [-0.3, -0.25) is 28.9 Å². The molecule has 61 heavy (non-hydrogen) atoms. The molecule has 14 nitrogen and oxygen atoms in total. The Balaban J connectivity index is 0.863. The molecule has 4 amide bonds. The van der Waals surface area contributed by atoms with Crippen molar-refractivity contribution in [3.05, 3.63) is 111 Å². The number of ether oxygens (including phenoxy) is 2. The third-order valence-electron chi connectivity index (χ3n) is 12.0. The Bertz CT molecular complexity index is 2690. The molecule has 0 saturated carbocycles. The van der Waals surface area contributed by atoms with E-state index in [1.807, 2.05) is 6.07 Å². The molecule has 0 saturated heterocycles. The largest absolute Gasteiger partial charge is 0.458 e. The van der Waals surface area contributed by atoms with Crippen molar-refractivity contribution in [1.29, 1.82) is 0 Å². The zero-order valence-corrected chi connectivity index (χ0v) is 34.2. The molecule has 2 aromatic heterocycles. The molecule has 0 bridgehead atoms. The smallest absolute Gasteiger partial charge is 0.343 e. The predicted molar refractivity (Wildman–Crippen MR) is 227 cm³/mol. The molecule has 314 valence electrons. The molecule has 8 rings (SSSR count). The first-order valence-corrected chi connectivity index (χ1v) is 20.8. The zero-order chi connectivity index (χ0) is 42.8. The van der Waals surface area contributed by atoms with Crippen molar-refractivity contribution in [3.8, 4) is 22.5 Å². The Morgan fingerprint density at radius 3 is 2.39 bits per heavy atom. The molecule has 0 aliphatic carbocycles. The van der Waals surface area contributed by atoms with E-state index >= 15 is 0 Å². The molecular weight excluding hydrogens is 779 g/mol. The lowest BCUT2D eigenvalue weighted by Crippen LogP contribution is -2.44. The number of hydrogen-bond acceptors (Lipinski definition) is 10. The number of benzene rings is 3. The number of imide groups is 1. The summed E-state index contributed by atoms with van der Waals surface area (Å²) in [7, 11) is 0. The minimum atomic E-state index is -1.89. The molecular formula is C47H47N5O9. The van der Waals surface area contributed by atoms with Crippen LogP contribution in [0.2, 0.25) is 0 Å². The summed E-state index contributed by atoms with van der Waals surface area (Å²) < 4.78 is 12.6. The van der Waals surface area contributed by atoms with E-state index in [-0.39, 0.29) is 61.9 Å². The Morgan fingerprint density at radius 2 is 1.64 bits per heavy atom. The molecule has 3 N–H and O–H groups in total. The molecule has 5 heterocycles. The Morgan fingerprint density at radius 1 is 0.885 bits per heavy atom. The van der Waals surface area contributed by atoms with Crippen LogP contribution in [0, 0.1) is 0 Å². The van der Waals surface area contributed by atoms with Crippen molar-refractivity contribution in [2.24, 2.45) is 0 Å². The molecule has 0 spiro atoms. The van der Waals surface area contributed by atoms with Crippen molar-refractivity contribution >= 4 is 51.3 Å². The van der Waals surface area contributed by atoms with Crippen LogP contribution in [0.1, 0.15) is 73.8 Å². The summed E-state index contributed by atoms with van der Waals surface area (Å²) in [6.07, 6.45) is 6.05. The predicted octanol–water partition coefficient (Wildman–Crippen LogP) is 4.70. The first-order chi connectivity index (χ1) is 29.5. The topological polar surface area (TPSA) is 186 Å². The molecule has 0 radical (unpaired) electrons. The van der Waals surface area contributed by atoms with E-state index in [2.05, 4.69) is 66.1 Å². The van der Waals surface area contributed by atoms with Crippen LogP contribution in [0.3, 0.4) is 0 Å². The SMILES string of the molecule is CCc1c2c(nc3ccc4ccc(-c5ccc(CCOCNC(=O)CNC(=O)CCCCCN6C(=O)C=CC6=O)cc5)cc4c13)-c1cc3c(c(=O)n1C2)COC(=O)[C@]3(O)CC. The van der Waals surface area contributed by atoms with E-state index in [0.29, 0.717) is 74.3 Å². The number of esters is 1. The summed E-state index contributed by atoms with van der Waals surface area (Å²) in [6, 6.07) is 20.5. The van der Waals surface area contributed by atoms with E-state index in [1.165, 1.54) is 17.1 Å². The van der Waals surface area contributed by atoms with Crippen molar-refractivity contribution < 1.29 is 38.6 Å². The van der Waals surface area contributed by atoms with E-state index in [1.54, 1.807) is 17.6 Å². The molecule has 3 aromatic carbocycles. The molecule has 3 aliphatic rings. The Kier molecular flexibility index (Phi) is 11.6. The van der Waals surface area contributed by atoms with Gasteiger partial charge in [0.15, 0.2) is 5.60 Å². The molecule has 5 aromatic rings. The fourth-order valence-corrected chi connectivity index (χ4v) is 8.53. The summed E-state index contributed by atoms with van der Waals surface area (Å²) in [5.74, 6) is -1.97. The van der Waals surface area contributed by atoms with Gasteiger partial charge in [0.25, 0.3) is 17.4 Å². The van der Waals surface area contributed by atoms with Gasteiger partial charge in [-0.15, -0.1) is 0 Å². The third kappa shape index (κ3) is 7.96. The van der Waals surface area contributed by atoms with Crippen molar-refractivity contribution in [1.82, 2.24) is 25.1 Å². The number of pyridine rings is 2. The number of nitrogens with zero attached hydrogens (tertiary/aromatic N) is 3. The number of nitrogens with one attached hydrogen (secondary N) is 2. The second-order valence-corrected chi connectivity index (χ2v) is 15.6. The van der Waals surface area contributed by atoms with Gasteiger partial charge in [0.1, 0.15) is 13.3 Å². The molecule has 0 fully saturated rings. The van der Waals surface area contributed by atoms with Crippen LogP contribution < -0.4 is 16.2 Å². The summed E-state index contributed by atoms with van der Waals surface area (Å²) in [6.45, 7) is 4.54. The van der Waals surface area contributed by atoms with E-state index < -0.39 is 11.6 Å². The first kappa shape index (κ1) is 41.2. The average Bonchev–Trinajstić information content (AvgIpc) is 3.80. The van der Waals surface area contributed by atoms with Gasteiger partial charge in [0.05, 0.1) is 42.2 Å².